The number of methoxy groups -OCH3 is 1. The molecule has 0 bridgehead atoms. The Labute approximate surface area is 69.6 Å². The first-order valence-electron chi connectivity index (χ1n) is 4.46. The summed E-state index contributed by atoms with van der Waals surface area (Å²) in [5.41, 5.74) is 0. The molecule has 0 aliphatic heterocycles. The molecule has 1 radical (unpaired) electrons. The summed E-state index contributed by atoms with van der Waals surface area (Å²) in [5.74, 6) is 0. The van der Waals surface area contributed by atoms with Gasteiger partial charge in [0.1, 0.15) is 0 Å². The second kappa shape index (κ2) is 8.02. The molecule has 1 unspecified atom stereocenters. The highest BCUT2D eigenvalue weighted by Gasteiger charge is 2.02. The van der Waals surface area contributed by atoms with Gasteiger partial charge in [0.2, 0.25) is 0 Å². The molecule has 0 spiro atoms. The Kier molecular flexibility index (Phi) is 7.96. The van der Waals surface area contributed by atoms with E-state index in [1.165, 1.54) is 0 Å². The highest BCUT2D eigenvalue weighted by atomic mass is 16.5. The van der Waals surface area contributed by atoms with Crippen molar-refractivity contribution in [1.29, 1.82) is 0 Å². The molecule has 0 fully saturated rings. The van der Waals surface area contributed by atoms with Crippen molar-refractivity contribution >= 4 is 0 Å². The van der Waals surface area contributed by atoms with Gasteiger partial charge in [-0.1, -0.05) is 19.8 Å². The van der Waals surface area contributed by atoms with E-state index in [4.69, 9.17) is 4.74 Å². The molecule has 0 aliphatic carbocycles. The van der Waals surface area contributed by atoms with Gasteiger partial charge in [-0.2, -0.15) is 0 Å². The predicted molar refractivity (Wildman–Crippen MR) is 45.1 cm³/mol. The summed E-state index contributed by atoms with van der Waals surface area (Å²) in [6, 6.07) is 0. The van der Waals surface area contributed by atoms with E-state index >= 15 is 0 Å². The van der Waals surface area contributed by atoms with Crippen LogP contribution in [-0.2, 0) is 9.84 Å². The molecule has 0 saturated heterocycles. The summed E-state index contributed by atoms with van der Waals surface area (Å²) in [7, 11) is 1.75. The van der Waals surface area contributed by atoms with Crippen LogP contribution in [0, 0.1) is 0 Å². The first-order chi connectivity index (χ1) is 5.35. The summed E-state index contributed by atoms with van der Waals surface area (Å²) >= 11 is 0. The Bertz CT molecular complexity index is 70.0. The molecule has 0 aromatic rings. The van der Waals surface area contributed by atoms with Gasteiger partial charge in [-0.25, -0.2) is 5.11 Å². The Morgan fingerprint density at radius 2 is 2.00 bits per heavy atom. The van der Waals surface area contributed by atoms with Gasteiger partial charge < -0.3 is 4.74 Å². The normalized spacial score (nSPS) is 13.4. The minimum atomic E-state index is 0.0732. The Morgan fingerprint density at radius 3 is 2.45 bits per heavy atom. The van der Waals surface area contributed by atoms with E-state index in [1.54, 1.807) is 7.11 Å². The zero-order valence-electron chi connectivity index (χ0n) is 7.64. The Balaban J connectivity index is 3.07. The highest BCUT2D eigenvalue weighted by molar-refractivity contribution is 4.54. The quantitative estimate of drug-likeness (QED) is 0.524. The van der Waals surface area contributed by atoms with Crippen LogP contribution in [0.5, 0.6) is 0 Å². The Morgan fingerprint density at radius 1 is 1.27 bits per heavy atom. The summed E-state index contributed by atoms with van der Waals surface area (Å²) in [6.45, 7) is 2.20. The van der Waals surface area contributed by atoms with Gasteiger partial charge in [-0.15, -0.1) is 0 Å². The molecule has 0 aliphatic rings. The third-order valence-electron chi connectivity index (χ3n) is 1.96. The van der Waals surface area contributed by atoms with Crippen molar-refractivity contribution in [3.05, 3.63) is 0 Å². The molecular formula is C9H19O2. The maximum absolute atomic E-state index is 10.1. The molecule has 67 valence electrons. The third kappa shape index (κ3) is 6.32. The lowest BCUT2D eigenvalue weighted by molar-refractivity contribution is 0.0887. The van der Waals surface area contributed by atoms with Gasteiger partial charge >= 0.3 is 0 Å². The Hall–Kier alpha value is -0.0800. The second-order valence-corrected chi connectivity index (χ2v) is 2.82. The van der Waals surface area contributed by atoms with E-state index in [0.29, 0.717) is 6.10 Å². The summed E-state index contributed by atoms with van der Waals surface area (Å²) in [4.78, 5) is 0. The molecular weight excluding hydrogens is 140 g/mol. The van der Waals surface area contributed by atoms with Gasteiger partial charge in [0.05, 0.1) is 12.7 Å². The van der Waals surface area contributed by atoms with E-state index in [0.717, 1.165) is 32.1 Å². The van der Waals surface area contributed by atoms with Crippen molar-refractivity contribution < 1.29 is 9.84 Å². The molecule has 0 aromatic heterocycles. The number of hydrogen-bond acceptors (Lipinski definition) is 1. The third-order valence-corrected chi connectivity index (χ3v) is 1.96. The first kappa shape index (κ1) is 10.9. The molecule has 0 N–H and O–H groups in total. The van der Waals surface area contributed by atoms with Crippen molar-refractivity contribution in [3.8, 4) is 0 Å². The van der Waals surface area contributed by atoms with Crippen LogP contribution in [0.4, 0.5) is 0 Å². The molecule has 2 heteroatoms. The largest absolute Gasteiger partial charge is 0.381 e. The average molecular weight is 159 g/mol. The van der Waals surface area contributed by atoms with Gasteiger partial charge in [0, 0.05) is 7.11 Å². The number of hydrogen-bond donors (Lipinski definition) is 0. The van der Waals surface area contributed by atoms with Gasteiger partial charge in [0.25, 0.3) is 0 Å². The lowest BCUT2D eigenvalue weighted by Gasteiger charge is -2.11. The number of rotatable bonds is 7. The van der Waals surface area contributed by atoms with Crippen LogP contribution >= 0.6 is 0 Å². The molecule has 0 rings (SSSR count). The van der Waals surface area contributed by atoms with Gasteiger partial charge in [-0.3, -0.25) is 0 Å². The van der Waals surface area contributed by atoms with Crippen molar-refractivity contribution in [2.75, 3.05) is 13.7 Å². The fraction of sp³-hybridized carbons (Fsp3) is 1.00. The minimum absolute atomic E-state index is 0.0732. The lowest BCUT2D eigenvalue weighted by atomic mass is 10.1. The maximum atomic E-state index is 10.1. The topological polar surface area (TPSA) is 29.1 Å². The van der Waals surface area contributed by atoms with Crippen molar-refractivity contribution in [3.63, 3.8) is 0 Å². The standard InChI is InChI=1S/C9H19O2/c1-3-9(11-2)7-5-4-6-8-10/h9H,3-8H2,1-2H3. The molecule has 0 amide bonds. The number of unbranched alkanes of at least 4 members (excludes halogenated alkanes) is 2. The smallest absolute Gasteiger partial charge is 0.0822 e. The van der Waals surface area contributed by atoms with Crippen molar-refractivity contribution in [2.24, 2.45) is 0 Å². The number of ether oxygens (including phenoxy) is 1. The molecule has 1 atom stereocenters. The summed E-state index contributed by atoms with van der Waals surface area (Å²) in [6.07, 6.45) is 5.60. The molecule has 0 heterocycles. The van der Waals surface area contributed by atoms with Crippen LogP contribution in [0.1, 0.15) is 39.0 Å². The molecule has 2 nitrogen and oxygen atoms in total. The highest BCUT2D eigenvalue weighted by Crippen LogP contribution is 2.08. The van der Waals surface area contributed by atoms with Crippen LogP contribution in [0.15, 0.2) is 0 Å². The van der Waals surface area contributed by atoms with E-state index < -0.39 is 0 Å². The monoisotopic (exact) mass is 159 g/mol. The molecule has 0 saturated carbocycles. The van der Waals surface area contributed by atoms with Crippen molar-refractivity contribution in [1.82, 2.24) is 0 Å². The summed E-state index contributed by atoms with van der Waals surface area (Å²) < 4.78 is 5.20. The van der Waals surface area contributed by atoms with Crippen molar-refractivity contribution in [2.45, 2.75) is 45.1 Å². The lowest BCUT2D eigenvalue weighted by Crippen LogP contribution is -2.08. The van der Waals surface area contributed by atoms with E-state index in [-0.39, 0.29) is 6.61 Å². The first-order valence-corrected chi connectivity index (χ1v) is 4.46. The SMILES string of the molecule is CCC(CCCCC[O])OC. The minimum Gasteiger partial charge on any atom is -0.381 e. The van der Waals surface area contributed by atoms with Crippen LogP contribution in [0.3, 0.4) is 0 Å². The second-order valence-electron chi connectivity index (χ2n) is 2.82. The maximum Gasteiger partial charge on any atom is 0.0822 e. The van der Waals surface area contributed by atoms with Gasteiger partial charge in [0.15, 0.2) is 0 Å². The van der Waals surface area contributed by atoms with Crippen LogP contribution in [-0.4, -0.2) is 19.8 Å². The van der Waals surface area contributed by atoms with E-state index in [1.807, 2.05) is 0 Å². The van der Waals surface area contributed by atoms with E-state index in [2.05, 4.69) is 6.92 Å². The van der Waals surface area contributed by atoms with Crippen LogP contribution in [0.25, 0.3) is 0 Å². The average Bonchev–Trinajstić information content (AvgIpc) is 2.05. The van der Waals surface area contributed by atoms with Crippen LogP contribution < -0.4 is 0 Å². The zero-order chi connectivity index (χ0) is 8.53. The fourth-order valence-electron chi connectivity index (χ4n) is 1.14. The van der Waals surface area contributed by atoms with E-state index in [9.17, 15) is 5.11 Å². The summed E-state index contributed by atoms with van der Waals surface area (Å²) in [5, 5.41) is 10.1. The molecule has 0 aromatic carbocycles. The molecule has 11 heavy (non-hydrogen) atoms. The zero-order valence-corrected chi connectivity index (χ0v) is 7.64. The van der Waals surface area contributed by atoms with Crippen LogP contribution in [0.2, 0.25) is 0 Å². The predicted octanol–water partition coefficient (Wildman–Crippen LogP) is 2.40. The van der Waals surface area contributed by atoms with Gasteiger partial charge in [-0.05, 0) is 19.3 Å². The fourth-order valence-corrected chi connectivity index (χ4v) is 1.14.